The van der Waals surface area contributed by atoms with Crippen LogP contribution >= 0.6 is 0 Å². The van der Waals surface area contributed by atoms with Gasteiger partial charge in [-0.3, -0.25) is 0 Å². The van der Waals surface area contributed by atoms with Crippen LogP contribution in [-0.2, 0) is 23.9 Å². The zero-order valence-corrected chi connectivity index (χ0v) is 15.0. The van der Waals surface area contributed by atoms with Gasteiger partial charge in [0.2, 0.25) is 0 Å². The zero-order valence-electron chi connectivity index (χ0n) is 15.0. The summed E-state index contributed by atoms with van der Waals surface area (Å²) in [5.41, 5.74) is 0.570. The Kier molecular flexibility index (Phi) is 14.2. The summed E-state index contributed by atoms with van der Waals surface area (Å²) in [4.78, 5) is 32.1. The van der Waals surface area contributed by atoms with Gasteiger partial charge in [-0.15, -0.1) is 0 Å². The molecule has 6 nitrogen and oxygen atoms in total. The van der Waals surface area contributed by atoms with Crippen molar-refractivity contribution in [3.8, 4) is 0 Å². The van der Waals surface area contributed by atoms with Crippen LogP contribution in [0.25, 0.3) is 0 Å². The molecule has 0 aromatic carbocycles. The molecule has 1 N–H and O–H groups in total. The van der Waals surface area contributed by atoms with Crippen LogP contribution in [0.3, 0.4) is 0 Å². The molecule has 0 aliphatic carbocycles. The van der Waals surface area contributed by atoms with E-state index in [1.165, 1.54) is 20.1 Å². The third-order valence-corrected chi connectivity index (χ3v) is 2.76. The Hall–Kier alpha value is -2.37. The van der Waals surface area contributed by atoms with E-state index in [0.29, 0.717) is 12.2 Å². The summed E-state index contributed by atoms with van der Waals surface area (Å²) in [5, 5.41) is 8.62. The number of unbranched alkanes of at least 4 members (excludes halogenated alkanes) is 3. The van der Waals surface area contributed by atoms with E-state index in [1.807, 2.05) is 0 Å². The van der Waals surface area contributed by atoms with Crippen molar-refractivity contribution in [1.82, 2.24) is 0 Å². The quantitative estimate of drug-likeness (QED) is 0.299. The molecule has 0 aromatic heterocycles. The van der Waals surface area contributed by atoms with Gasteiger partial charge in [0.15, 0.2) is 0 Å². The van der Waals surface area contributed by atoms with Crippen LogP contribution in [0.4, 0.5) is 0 Å². The summed E-state index contributed by atoms with van der Waals surface area (Å²) >= 11 is 0. The Bertz CT molecular complexity index is 488. The first-order valence-corrected chi connectivity index (χ1v) is 7.68. The molecule has 0 rings (SSSR count). The number of methoxy groups -OCH3 is 1. The Labute approximate surface area is 143 Å². The molecule has 0 bridgehead atoms. The van der Waals surface area contributed by atoms with Crippen molar-refractivity contribution < 1.29 is 29.0 Å². The predicted molar refractivity (Wildman–Crippen MR) is 92.5 cm³/mol. The van der Waals surface area contributed by atoms with Crippen LogP contribution in [0.1, 0.15) is 46.5 Å². The van der Waals surface area contributed by atoms with Gasteiger partial charge in [-0.05, 0) is 26.3 Å². The number of esters is 2. The smallest absolute Gasteiger partial charge is 0.337 e. The maximum Gasteiger partial charge on any atom is 0.337 e. The molecule has 0 radical (unpaired) electrons. The summed E-state index contributed by atoms with van der Waals surface area (Å²) in [5.74, 6) is -1.97. The molecule has 136 valence electrons. The summed E-state index contributed by atoms with van der Waals surface area (Å²) in [6.07, 6.45) is 5.32. The molecule has 0 heterocycles. The molecule has 0 aliphatic heterocycles. The second kappa shape index (κ2) is 14.2. The lowest BCUT2D eigenvalue weighted by molar-refractivity contribution is -0.139. The van der Waals surface area contributed by atoms with Gasteiger partial charge >= 0.3 is 17.9 Å². The number of carbonyl (C=O) groups is 3. The summed E-state index contributed by atoms with van der Waals surface area (Å²) in [6, 6.07) is 0. The van der Waals surface area contributed by atoms with Gasteiger partial charge in [-0.2, -0.15) is 0 Å². The fraction of sp³-hybridized carbons (Fsp3) is 0.500. The first kappa shape index (κ1) is 23.9. The molecule has 0 atom stereocenters. The van der Waals surface area contributed by atoms with Gasteiger partial charge < -0.3 is 14.6 Å². The highest BCUT2D eigenvalue weighted by molar-refractivity contribution is 5.94. The minimum atomic E-state index is -1.07. The normalized spacial score (nSPS) is 10.1. The largest absolute Gasteiger partial charge is 0.478 e. The number of ether oxygens (including phenoxy) is 2. The first-order valence-electron chi connectivity index (χ1n) is 7.68. The topological polar surface area (TPSA) is 89.9 Å². The van der Waals surface area contributed by atoms with Crippen molar-refractivity contribution in [3.05, 3.63) is 36.0 Å². The van der Waals surface area contributed by atoms with Crippen molar-refractivity contribution in [2.75, 3.05) is 13.7 Å². The third-order valence-electron chi connectivity index (χ3n) is 2.76. The number of carbonyl (C=O) groups excluding carboxylic acids is 2. The Morgan fingerprint density at radius 3 is 2.00 bits per heavy atom. The maximum atomic E-state index is 11.4. The standard InChI is InChI=1S/C13H20O4.C5H8O2/c1-4-5-6-7-8-17-13(16)11(3)9-10(2)12(14)15;1-4(2)5(6)7-3/h9H,3-8H2,1-2H3,(H,14,15);1H2,2-3H3. The molecular formula is C18H28O6. The number of hydrogen-bond acceptors (Lipinski definition) is 5. The molecular weight excluding hydrogens is 312 g/mol. The minimum absolute atomic E-state index is 0.0675. The number of carboxylic acid groups (broad SMARTS) is 1. The highest BCUT2D eigenvalue weighted by atomic mass is 16.5. The van der Waals surface area contributed by atoms with Crippen LogP contribution in [-0.4, -0.2) is 36.7 Å². The molecule has 6 heteroatoms. The van der Waals surface area contributed by atoms with Crippen molar-refractivity contribution in [3.63, 3.8) is 0 Å². The summed E-state index contributed by atoms with van der Waals surface area (Å²) < 4.78 is 9.23. The maximum absolute atomic E-state index is 11.4. The molecule has 0 amide bonds. The molecule has 0 aliphatic rings. The van der Waals surface area contributed by atoms with Crippen LogP contribution < -0.4 is 0 Å². The lowest BCUT2D eigenvalue weighted by atomic mass is 10.2. The molecule has 24 heavy (non-hydrogen) atoms. The summed E-state index contributed by atoms with van der Waals surface area (Å²) in [7, 11) is 1.33. The van der Waals surface area contributed by atoms with Gasteiger partial charge in [0.1, 0.15) is 0 Å². The van der Waals surface area contributed by atoms with E-state index < -0.39 is 11.9 Å². The van der Waals surface area contributed by atoms with E-state index >= 15 is 0 Å². The second-order valence-corrected chi connectivity index (χ2v) is 5.13. The van der Waals surface area contributed by atoms with Crippen LogP contribution in [0, 0.1) is 0 Å². The molecule has 0 saturated carbocycles. The van der Waals surface area contributed by atoms with Crippen molar-refractivity contribution in [2.45, 2.75) is 46.5 Å². The van der Waals surface area contributed by atoms with Crippen molar-refractivity contribution >= 4 is 17.9 Å². The first-order chi connectivity index (χ1) is 11.2. The van der Waals surface area contributed by atoms with Crippen LogP contribution in [0.2, 0.25) is 0 Å². The Morgan fingerprint density at radius 2 is 1.62 bits per heavy atom. The third kappa shape index (κ3) is 13.3. The zero-order chi connectivity index (χ0) is 19.1. The van der Waals surface area contributed by atoms with E-state index in [4.69, 9.17) is 9.84 Å². The van der Waals surface area contributed by atoms with E-state index in [-0.39, 0.29) is 17.1 Å². The Balaban J connectivity index is 0. The highest BCUT2D eigenvalue weighted by Gasteiger charge is 2.08. The molecule has 0 fully saturated rings. The fourth-order valence-electron chi connectivity index (χ4n) is 1.34. The van der Waals surface area contributed by atoms with Crippen LogP contribution in [0.15, 0.2) is 36.0 Å². The number of hydrogen-bond donors (Lipinski definition) is 1. The number of rotatable bonds is 9. The predicted octanol–water partition coefficient (Wildman–Crippen LogP) is 3.43. The monoisotopic (exact) mass is 340 g/mol. The molecule has 0 saturated heterocycles. The second-order valence-electron chi connectivity index (χ2n) is 5.13. The Morgan fingerprint density at radius 1 is 1.04 bits per heavy atom. The van der Waals surface area contributed by atoms with E-state index in [2.05, 4.69) is 24.8 Å². The van der Waals surface area contributed by atoms with Gasteiger partial charge in [-0.1, -0.05) is 39.3 Å². The average molecular weight is 340 g/mol. The van der Waals surface area contributed by atoms with E-state index in [9.17, 15) is 14.4 Å². The van der Waals surface area contributed by atoms with Crippen molar-refractivity contribution in [2.24, 2.45) is 0 Å². The lowest BCUT2D eigenvalue weighted by Crippen LogP contribution is -2.08. The number of carboxylic acids is 1. The van der Waals surface area contributed by atoms with E-state index in [0.717, 1.165) is 25.7 Å². The van der Waals surface area contributed by atoms with Gasteiger partial charge in [0.25, 0.3) is 0 Å². The lowest BCUT2D eigenvalue weighted by Gasteiger charge is -2.04. The van der Waals surface area contributed by atoms with Crippen molar-refractivity contribution in [1.29, 1.82) is 0 Å². The van der Waals surface area contributed by atoms with Gasteiger partial charge in [-0.25, -0.2) is 14.4 Å². The summed E-state index contributed by atoms with van der Waals surface area (Å²) in [6.45, 7) is 12.3. The van der Waals surface area contributed by atoms with Crippen LogP contribution in [0.5, 0.6) is 0 Å². The molecule has 0 aromatic rings. The molecule has 0 unspecified atom stereocenters. The SMILES string of the molecule is C=C(C)C(=O)OC.C=C(C=C(C)C(=O)O)C(=O)OCCCCCC. The average Bonchev–Trinajstić information content (AvgIpc) is 2.53. The number of aliphatic carboxylic acids is 1. The minimum Gasteiger partial charge on any atom is -0.478 e. The fourth-order valence-corrected chi connectivity index (χ4v) is 1.34. The van der Waals surface area contributed by atoms with Gasteiger partial charge in [0.05, 0.1) is 19.3 Å². The van der Waals surface area contributed by atoms with Gasteiger partial charge in [0, 0.05) is 11.1 Å². The van der Waals surface area contributed by atoms with E-state index in [1.54, 1.807) is 6.92 Å². The molecule has 0 spiro atoms. The highest BCUT2D eigenvalue weighted by Crippen LogP contribution is 2.05.